The average molecular weight is 234 g/mol. The van der Waals surface area contributed by atoms with Crippen molar-refractivity contribution in [1.82, 2.24) is 5.32 Å². The Hall–Kier alpha value is -1.14. The molecule has 1 heterocycles. The van der Waals surface area contributed by atoms with Gasteiger partial charge in [0.2, 0.25) is 0 Å². The lowest BCUT2D eigenvalue weighted by Crippen LogP contribution is -2.62. The fourth-order valence-electron chi connectivity index (χ4n) is 1.65. The maximum Gasteiger partial charge on any atom is 0.419 e. The first-order chi connectivity index (χ1) is 7.33. The number of hydrogen-bond acceptors (Lipinski definition) is 2. The van der Waals surface area contributed by atoms with Gasteiger partial charge in [-0.3, -0.25) is 0 Å². The van der Waals surface area contributed by atoms with Crippen LogP contribution in [0.4, 0.5) is 17.6 Å². The van der Waals surface area contributed by atoms with E-state index in [1.54, 1.807) is 0 Å². The van der Waals surface area contributed by atoms with E-state index in [9.17, 15) is 17.6 Å². The maximum absolute atomic E-state index is 13.0. The molecule has 0 radical (unpaired) electrons. The van der Waals surface area contributed by atoms with Gasteiger partial charge in [-0.15, -0.1) is 0 Å². The Labute approximate surface area is 89.4 Å². The molecular weight excluding hydrogens is 224 g/mol. The summed E-state index contributed by atoms with van der Waals surface area (Å²) < 4.78 is 50.3. The second-order valence-electron chi connectivity index (χ2n) is 3.95. The van der Waals surface area contributed by atoms with Crippen LogP contribution in [-0.2, 0) is 11.7 Å². The van der Waals surface area contributed by atoms with Crippen molar-refractivity contribution in [3.05, 3.63) is 35.1 Å². The maximum atomic E-state index is 13.0. The molecule has 1 fully saturated rings. The highest BCUT2D eigenvalue weighted by Crippen LogP contribution is 2.34. The van der Waals surface area contributed by atoms with Crippen LogP contribution in [0.15, 0.2) is 18.2 Å². The summed E-state index contributed by atoms with van der Waals surface area (Å²) in [5, 5.41) is 2.87. The molecule has 0 atom stereocenters. The van der Waals surface area contributed by atoms with Gasteiger partial charge in [-0.05, 0) is 17.7 Å². The molecule has 3 N–H and O–H groups in total. The molecule has 1 aliphatic rings. The van der Waals surface area contributed by atoms with Crippen LogP contribution < -0.4 is 11.1 Å². The Balaban J connectivity index is 2.43. The van der Waals surface area contributed by atoms with Gasteiger partial charge in [0.1, 0.15) is 5.82 Å². The molecular formula is C10H10F4N2. The van der Waals surface area contributed by atoms with Crippen LogP contribution in [0, 0.1) is 5.82 Å². The Kier molecular flexibility index (Phi) is 2.43. The molecule has 0 unspecified atom stereocenters. The van der Waals surface area contributed by atoms with E-state index in [0.717, 1.165) is 12.1 Å². The number of halogens is 4. The smallest absolute Gasteiger partial charge is 0.319 e. The van der Waals surface area contributed by atoms with Crippen LogP contribution in [0.3, 0.4) is 0 Å². The van der Waals surface area contributed by atoms with E-state index in [2.05, 4.69) is 5.32 Å². The SMILES string of the molecule is NC1(c2ccc(F)c(C(F)(F)F)c2)CNC1. The summed E-state index contributed by atoms with van der Waals surface area (Å²) in [7, 11) is 0. The predicted octanol–water partition coefficient (Wildman–Crippen LogP) is 1.60. The molecule has 1 aromatic rings. The van der Waals surface area contributed by atoms with Gasteiger partial charge in [0, 0.05) is 13.1 Å². The summed E-state index contributed by atoms with van der Waals surface area (Å²) in [5.74, 6) is -1.27. The summed E-state index contributed by atoms with van der Waals surface area (Å²) >= 11 is 0. The number of nitrogens with two attached hydrogens (primary N) is 1. The lowest BCUT2D eigenvalue weighted by molar-refractivity contribution is -0.140. The molecule has 1 aromatic carbocycles. The van der Waals surface area contributed by atoms with Crippen LogP contribution in [0.2, 0.25) is 0 Å². The van der Waals surface area contributed by atoms with E-state index in [-0.39, 0.29) is 0 Å². The zero-order valence-electron chi connectivity index (χ0n) is 8.24. The quantitative estimate of drug-likeness (QED) is 0.724. The highest BCUT2D eigenvalue weighted by atomic mass is 19.4. The largest absolute Gasteiger partial charge is 0.419 e. The van der Waals surface area contributed by atoms with Gasteiger partial charge >= 0.3 is 6.18 Å². The van der Waals surface area contributed by atoms with Gasteiger partial charge in [-0.1, -0.05) is 6.07 Å². The highest BCUT2D eigenvalue weighted by Gasteiger charge is 2.39. The molecule has 0 aliphatic carbocycles. The zero-order chi connectivity index (χ0) is 12.0. The highest BCUT2D eigenvalue weighted by molar-refractivity contribution is 5.34. The molecule has 1 aliphatic heterocycles. The molecule has 6 heteroatoms. The molecule has 16 heavy (non-hydrogen) atoms. The number of benzene rings is 1. The van der Waals surface area contributed by atoms with Gasteiger partial charge in [0.25, 0.3) is 0 Å². The number of rotatable bonds is 1. The second-order valence-corrected chi connectivity index (χ2v) is 3.95. The minimum atomic E-state index is -4.69. The predicted molar refractivity (Wildman–Crippen MR) is 50.1 cm³/mol. The number of alkyl halides is 3. The number of hydrogen-bond donors (Lipinski definition) is 2. The minimum Gasteiger partial charge on any atom is -0.319 e. The first-order valence-corrected chi connectivity index (χ1v) is 4.70. The van der Waals surface area contributed by atoms with Gasteiger partial charge < -0.3 is 11.1 Å². The third-order valence-corrected chi connectivity index (χ3v) is 2.73. The van der Waals surface area contributed by atoms with E-state index in [1.165, 1.54) is 6.07 Å². The van der Waals surface area contributed by atoms with E-state index in [4.69, 9.17) is 5.73 Å². The molecule has 88 valence electrons. The molecule has 2 rings (SSSR count). The van der Waals surface area contributed by atoms with Crippen molar-refractivity contribution in [3.8, 4) is 0 Å². The van der Waals surface area contributed by atoms with Crippen LogP contribution in [0.5, 0.6) is 0 Å². The average Bonchev–Trinajstić information content (AvgIpc) is 2.13. The summed E-state index contributed by atoms with van der Waals surface area (Å²) in [6.45, 7) is 0.797. The van der Waals surface area contributed by atoms with Crippen molar-refractivity contribution in [2.45, 2.75) is 11.7 Å². The van der Waals surface area contributed by atoms with Crippen LogP contribution in [0.25, 0.3) is 0 Å². The van der Waals surface area contributed by atoms with E-state index < -0.39 is 23.1 Å². The molecule has 2 nitrogen and oxygen atoms in total. The van der Waals surface area contributed by atoms with E-state index >= 15 is 0 Å². The Morgan fingerprint density at radius 1 is 1.25 bits per heavy atom. The molecule has 0 saturated carbocycles. The molecule has 0 aromatic heterocycles. The van der Waals surface area contributed by atoms with Crippen LogP contribution in [0.1, 0.15) is 11.1 Å². The molecule has 0 spiro atoms. The fourth-order valence-corrected chi connectivity index (χ4v) is 1.65. The third kappa shape index (κ3) is 1.78. The van der Waals surface area contributed by atoms with Gasteiger partial charge in [0.15, 0.2) is 0 Å². The van der Waals surface area contributed by atoms with Crippen LogP contribution >= 0.6 is 0 Å². The normalized spacial score (nSPS) is 19.3. The van der Waals surface area contributed by atoms with Crippen molar-refractivity contribution in [1.29, 1.82) is 0 Å². The lowest BCUT2D eigenvalue weighted by Gasteiger charge is -2.39. The molecule has 0 amide bonds. The first-order valence-electron chi connectivity index (χ1n) is 4.70. The second kappa shape index (κ2) is 3.43. The first kappa shape index (κ1) is 11.3. The van der Waals surface area contributed by atoms with Gasteiger partial charge in [-0.25, -0.2) is 4.39 Å². The monoisotopic (exact) mass is 234 g/mol. The van der Waals surface area contributed by atoms with E-state index in [1.807, 2.05) is 0 Å². The topological polar surface area (TPSA) is 38.0 Å². The minimum absolute atomic E-state index is 0.306. The Bertz CT molecular complexity index is 410. The fraction of sp³-hybridized carbons (Fsp3) is 0.400. The Morgan fingerprint density at radius 3 is 2.31 bits per heavy atom. The van der Waals surface area contributed by atoms with Gasteiger partial charge in [-0.2, -0.15) is 13.2 Å². The summed E-state index contributed by atoms with van der Waals surface area (Å²) in [5.41, 5.74) is 4.07. The Morgan fingerprint density at radius 2 is 1.88 bits per heavy atom. The van der Waals surface area contributed by atoms with Crippen LogP contribution in [-0.4, -0.2) is 13.1 Å². The van der Waals surface area contributed by atoms with Crippen molar-refractivity contribution in [2.75, 3.05) is 13.1 Å². The lowest BCUT2D eigenvalue weighted by atomic mass is 9.84. The van der Waals surface area contributed by atoms with Crippen molar-refractivity contribution in [3.63, 3.8) is 0 Å². The molecule has 0 bridgehead atoms. The molecule has 1 saturated heterocycles. The summed E-state index contributed by atoms with van der Waals surface area (Å²) in [4.78, 5) is 0. The summed E-state index contributed by atoms with van der Waals surface area (Å²) in [6.07, 6.45) is -4.69. The zero-order valence-corrected chi connectivity index (χ0v) is 8.24. The standard InChI is InChI=1S/C10H10F4N2/c11-8-2-1-6(9(15)4-16-5-9)3-7(8)10(12,13)14/h1-3,16H,4-5,15H2. The number of nitrogens with one attached hydrogen (secondary N) is 1. The summed E-state index contributed by atoms with van der Waals surface area (Å²) in [6, 6.07) is 2.90. The van der Waals surface area contributed by atoms with Crippen molar-refractivity contribution in [2.24, 2.45) is 5.73 Å². The van der Waals surface area contributed by atoms with Crippen molar-refractivity contribution < 1.29 is 17.6 Å². The van der Waals surface area contributed by atoms with Gasteiger partial charge in [0.05, 0.1) is 11.1 Å². The third-order valence-electron chi connectivity index (χ3n) is 2.73. The van der Waals surface area contributed by atoms with Crippen molar-refractivity contribution >= 4 is 0 Å². The van der Waals surface area contributed by atoms with E-state index in [0.29, 0.717) is 18.7 Å².